The number of piperidine rings is 1. The van der Waals surface area contributed by atoms with E-state index in [1.165, 1.54) is 0 Å². The molecule has 1 N–H and O–H groups in total. The van der Waals surface area contributed by atoms with Crippen LogP contribution in [-0.4, -0.2) is 50.9 Å². The predicted molar refractivity (Wildman–Crippen MR) is 107 cm³/mol. The Bertz CT molecular complexity index is 948. The van der Waals surface area contributed by atoms with Crippen molar-refractivity contribution >= 4 is 11.7 Å². The summed E-state index contributed by atoms with van der Waals surface area (Å²) in [6.07, 6.45) is 7.06. The van der Waals surface area contributed by atoms with E-state index in [9.17, 15) is 4.79 Å². The van der Waals surface area contributed by atoms with E-state index < -0.39 is 0 Å². The van der Waals surface area contributed by atoms with Gasteiger partial charge in [-0.05, 0) is 37.1 Å². The van der Waals surface area contributed by atoms with E-state index in [2.05, 4.69) is 20.3 Å². The Labute approximate surface area is 163 Å². The molecule has 0 aliphatic carbocycles. The van der Waals surface area contributed by atoms with Gasteiger partial charge in [-0.25, -0.2) is 9.97 Å². The molecule has 4 rings (SSSR count). The van der Waals surface area contributed by atoms with Crippen molar-refractivity contribution in [3.63, 3.8) is 0 Å². The highest BCUT2D eigenvalue weighted by molar-refractivity contribution is 5.92. The predicted octanol–water partition coefficient (Wildman–Crippen LogP) is 3.00. The van der Waals surface area contributed by atoms with Crippen LogP contribution >= 0.6 is 0 Å². The van der Waals surface area contributed by atoms with E-state index in [-0.39, 0.29) is 11.8 Å². The maximum Gasteiger partial charge on any atom is 0.272 e. The highest BCUT2D eigenvalue weighted by Gasteiger charge is 2.27. The number of hydrogen-bond acceptors (Lipinski definition) is 6. The van der Waals surface area contributed by atoms with Crippen LogP contribution in [0.2, 0.25) is 0 Å². The smallest absolute Gasteiger partial charge is 0.272 e. The Hall–Kier alpha value is -3.35. The summed E-state index contributed by atoms with van der Waals surface area (Å²) in [5, 5.41) is 3.11. The van der Waals surface area contributed by atoms with Gasteiger partial charge in [0.2, 0.25) is 0 Å². The Morgan fingerprint density at radius 2 is 2.11 bits per heavy atom. The summed E-state index contributed by atoms with van der Waals surface area (Å²) in [6.45, 7) is 1.37. The maximum absolute atomic E-state index is 12.8. The minimum absolute atomic E-state index is 0.0271. The number of rotatable bonds is 4. The number of amides is 1. The van der Waals surface area contributed by atoms with E-state index in [1.54, 1.807) is 24.7 Å². The number of carbonyl (C=O) groups is 1. The fourth-order valence-corrected chi connectivity index (χ4v) is 3.48. The molecule has 1 amide bonds. The van der Waals surface area contributed by atoms with Gasteiger partial charge in [0.1, 0.15) is 11.5 Å². The van der Waals surface area contributed by atoms with Crippen molar-refractivity contribution in [1.29, 1.82) is 0 Å². The van der Waals surface area contributed by atoms with Gasteiger partial charge in [-0.15, -0.1) is 0 Å². The number of hydrogen-bond donors (Lipinski definition) is 1. The second-order valence-corrected chi connectivity index (χ2v) is 6.80. The molecule has 1 fully saturated rings. The molecule has 4 heterocycles. The molecular weight excluding hydrogens is 352 g/mol. The largest absolute Gasteiger partial charge is 0.373 e. The summed E-state index contributed by atoms with van der Waals surface area (Å²) in [7, 11) is 1.84. The molecule has 1 saturated heterocycles. The fourth-order valence-electron chi connectivity index (χ4n) is 3.48. The third-order valence-electron chi connectivity index (χ3n) is 4.93. The van der Waals surface area contributed by atoms with Crippen molar-refractivity contribution in [1.82, 2.24) is 24.8 Å². The molecule has 0 radical (unpaired) electrons. The van der Waals surface area contributed by atoms with E-state index in [0.29, 0.717) is 18.1 Å². The number of nitrogens with one attached hydrogen (secondary N) is 1. The van der Waals surface area contributed by atoms with Crippen molar-refractivity contribution in [2.24, 2.45) is 0 Å². The molecule has 0 aromatic carbocycles. The lowest BCUT2D eigenvalue weighted by atomic mass is 9.94. The van der Waals surface area contributed by atoms with Gasteiger partial charge < -0.3 is 10.2 Å². The number of anilines is 1. The zero-order valence-electron chi connectivity index (χ0n) is 15.7. The standard InChI is InChI=1S/C21H22N6O/c1-22-19-12-18(25-20(26-19)15-6-4-9-23-13-15)16-7-5-11-27(14-16)21(28)17-8-2-3-10-24-17/h2-4,6,8-10,12-13,16H,5,7,11,14H2,1H3,(H,22,25,26)/t16-/m1/s1. The van der Waals surface area contributed by atoms with Gasteiger partial charge in [0.15, 0.2) is 5.82 Å². The van der Waals surface area contributed by atoms with Crippen molar-refractivity contribution in [2.75, 3.05) is 25.5 Å². The first-order valence-corrected chi connectivity index (χ1v) is 9.42. The molecule has 0 bridgehead atoms. The van der Waals surface area contributed by atoms with Gasteiger partial charge in [-0.3, -0.25) is 14.8 Å². The highest BCUT2D eigenvalue weighted by Crippen LogP contribution is 2.29. The molecule has 1 aliphatic heterocycles. The van der Waals surface area contributed by atoms with Crippen LogP contribution in [-0.2, 0) is 0 Å². The van der Waals surface area contributed by atoms with E-state index >= 15 is 0 Å². The number of aromatic nitrogens is 4. The summed E-state index contributed by atoms with van der Waals surface area (Å²) >= 11 is 0. The van der Waals surface area contributed by atoms with Gasteiger partial charge in [0, 0.05) is 56.3 Å². The van der Waals surface area contributed by atoms with Crippen LogP contribution in [0.4, 0.5) is 5.82 Å². The number of pyridine rings is 2. The van der Waals surface area contributed by atoms with Gasteiger partial charge in [-0.2, -0.15) is 0 Å². The van der Waals surface area contributed by atoms with Crippen molar-refractivity contribution in [3.05, 3.63) is 66.4 Å². The lowest BCUT2D eigenvalue weighted by Gasteiger charge is -2.32. The average molecular weight is 374 g/mol. The molecule has 3 aromatic heterocycles. The molecule has 7 nitrogen and oxygen atoms in total. The van der Waals surface area contributed by atoms with Crippen LogP contribution in [0, 0.1) is 0 Å². The Morgan fingerprint density at radius 3 is 2.86 bits per heavy atom. The maximum atomic E-state index is 12.8. The molecule has 1 atom stereocenters. The molecule has 0 saturated carbocycles. The highest BCUT2D eigenvalue weighted by atomic mass is 16.2. The zero-order valence-corrected chi connectivity index (χ0v) is 15.7. The lowest BCUT2D eigenvalue weighted by Crippen LogP contribution is -2.39. The van der Waals surface area contributed by atoms with Crippen LogP contribution in [0.1, 0.15) is 34.9 Å². The van der Waals surface area contributed by atoms with Gasteiger partial charge >= 0.3 is 0 Å². The summed E-state index contributed by atoms with van der Waals surface area (Å²) in [5.74, 6) is 1.53. The van der Waals surface area contributed by atoms with Gasteiger partial charge in [0.05, 0.1) is 5.69 Å². The first-order chi connectivity index (χ1) is 13.7. The number of carbonyl (C=O) groups excluding carboxylic acids is 1. The normalized spacial score (nSPS) is 16.6. The molecule has 1 aliphatic rings. The van der Waals surface area contributed by atoms with E-state index in [1.807, 2.05) is 42.3 Å². The summed E-state index contributed by atoms with van der Waals surface area (Å²) in [5.41, 5.74) is 2.30. The SMILES string of the molecule is CNc1cc([C@@H]2CCCN(C(=O)c3ccccn3)C2)nc(-c2cccnc2)n1. The van der Waals surface area contributed by atoms with Crippen LogP contribution in [0.15, 0.2) is 55.0 Å². The Morgan fingerprint density at radius 1 is 1.18 bits per heavy atom. The van der Waals surface area contributed by atoms with Gasteiger partial charge in [0.25, 0.3) is 5.91 Å². The molecule has 0 unspecified atom stereocenters. The van der Waals surface area contributed by atoms with Crippen LogP contribution in [0.25, 0.3) is 11.4 Å². The van der Waals surface area contributed by atoms with E-state index in [0.717, 1.165) is 36.5 Å². The minimum Gasteiger partial charge on any atom is -0.373 e. The number of nitrogens with zero attached hydrogens (tertiary/aromatic N) is 5. The molecule has 3 aromatic rings. The third-order valence-corrected chi connectivity index (χ3v) is 4.93. The summed E-state index contributed by atoms with van der Waals surface area (Å²) in [6, 6.07) is 11.2. The van der Waals surface area contributed by atoms with Crippen molar-refractivity contribution < 1.29 is 4.79 Å². The second kappa shape index (κ2) is 8.12. The van der Waals surface area contributed by atoms with E-state index in [4.69, 9.17) is 4.98 Å². The molecule has 142 valence electrons. The Balaban J connectivity index is 1.60. The molecule has 7 heteroatoms. The van der Waals surface area contributed by atoms with Crippen molar-refractivity contribution in [3.8, 4) is 11.4 Å². The first kappa shape index (κ1) is 18.0. The average Bonchev–Trinajstić information content (AvgIpc) is 2.79. The zero-order chi connectivity index (χ0) is 19.3. The molecule has 0 spiro atoms. The fraction of sp³-hybridized carbons (Fsp3) is 0.286. The summed E-state index contributed by atoms with van der Waals surface area (Å²) in [4.78, 5) is 32.4. The topological polar surface area (TPSA) is 83.9 Å². The molecule has 28 heavy (non-hydrogen) atoms. The molecular formula is C21H22N6O. The quantitative estimate of drug-likeness (QED) is 0.756. The minimum atomic E-state index is -0.0271. The number of likely N-dealkylation sites (tertiary alicyclic amines) is 1. The van der Waals surface area contributed by atoms with Crippen LogP contribution in [0.5, 0.6) is 0 Å². The summed E-state index contributed by atoms with van der Waals surface area (Å²) < 4.78 is 0. The van der Waals surface area contributed by atoms with Crippen molar-refractivity contribution in [2.45, 2.75) is 18.8 Å². The third kappa shape index (κ3) is 3.83. The second-order valence-electron chi connectivity index (χ2n) is 6.80. The lowest BCUT2D eigenvalue weighted by molar-refractivity contribution is 0.0700. The Kier molecular flexibility index (Phi) is 5.23. The van der Waals surface area contributed by atoms with Crippen LogP contribution < -0.4 is 5.32 Å². The van der Waals surface area contributed by atoms with Crippen LogP contribution in [0.3, 0.4) is 0 Å². The van der Waals surface area contributed by atoms with Gasteiger partial charge in [-0.1, -0.05) is 6.07 Å². The first-order valence-electron chi connectivity index (χ1n) is 9.42. The monoisotopic (exact) mass is 374 g/mol.